The van der Waals surface area contributed by atoms with Gasteiger partial charge in [0.05, 0.1) is 12.3 Å². The van der Waals surface area contributed by atoms with Crippen LogP contribution >= 0.6 is 0 Å². The molecule has 0 bridgehead atoms. The Kier molecular flexibility index (Phi) is 3.18. The first-order valence-corrected chi connectivity index (χ1v) is 5.85. The molecule has 0 saturated heterocycles. The molecule has 2 aromatic rings. The van der Waals surface area contributed by atoms with E-state index in [1.54, 1.807) is 6.07 Å². The Hall–Kier alpha value is -2.11. The maximum Gasteiger partial charge on any atom is 0.290 e. The smallest absolute Gasteiger partial charge is 0.290 e. The van der Waals surface area contributed by atoms with E-state index in [0.29, 0.717) is 23.7 Å². The van der Waals surface area contributed by atoms with Crippen LogP contribution in [0.2, 0.25) is 0 Å². The van der Waals surface area contributed by atoms with Crippen LogP contribution in [0.3, 0.4) is 0 Å². The summed E-state index contributed by atoms with van der Waals surface area (Å²) < 4.78 is 6.78. The van der Waals surface area contributed by atoms with Gasteiger partial charge in [0.15, 0.2) is 5.76 Å². The Labute approximate surface area is 104 Å². The van der Waals surface area contributed by atoms with Crippen molar-refractivity contribution in [1.29, 1.82) is 0 Å². The Balaban J connectivity index is 2.65. The first-order chi connectivity index (χ1) is 8.54. The van der Waals surface area contributed by atoms with Gasteiger partial charge in [-0.15, -0.1) is 5.10 Å². The van der Waals surface area contributed by atoms with Crippen molar-refractivity contribution in [2.24, 2.45) is 0 Å². The van der Waals surface area contributed by atoms with Crippen LogP contribution in [0, 0.1) is 0 Å². The molecule has 2 rings (SSSR count). The quantitative estimate of drug-likeness (QED) is 0.833. The summed E-state index contributed by atoms with van der Waals surface area (Å²) in [4.78, 5) is 11.7. The maximum atomic E-state index is 11.7. The zero-order valence-electron chi connectivity index (χ0n) is 10.7. The molecule has 2 heterocycles. The molecule has 0 amide bonds. The molecule has 0 aromatic carbocycles. The summed E-state index contributed by atoms with van der Waals surface area (Å²) in [5.41, 5.74) is 1.01. The molecule has 18 heavy (non-hydrogen) atoms. The average Bonchev–Trinajstić information content (AvgIpc) is 2.75. The van der Waals surface area contributed by atoms with Crippen LogP contribution in [0.25, 0.3) is 11.3 Å². The van der Waals surface area contributed by atoms with Crippen LogP contribution in [0.15, 0.2) is 17.4 Å². The fourth-order valence-electron chi connectivity index (χ4n) is 1.63. The van der Waals surface area contributed by atoms with Gasteiger partial charge in [-0.2, -0.15) is 5.10 Å². The second-order valence-corrected chi connectivity index (χ2v) is 4.25. The molecule has 1 N–H and O–H groups in total. The SMILES string of the molecule is C=C(OCC)c1n[nH]c(=O)c2cc(C(C)C)nn12. The second kappa shape index (κ2) is 4.64. The van der Waals surface area contributed by atoms with Crippen molar-refractivity contribution in [2.75, 3.05) is 6.61 Å². The second-order valence-electron chi connectivity index (χ2n) is 4.25. The normalized spacial score (nSPS) is 11.1. The van der Waals surface area contributed by atoms with E-state index >= 15 is 0 Å². The summed E-state index contributed by atoms with van der Waals surface area (Å²) in [6.07, 6.45) is 0. The molecule has 6 heteroatoms. The van der Waals surface area contributed by atoms with E-state index in [9.17, 15) is 4.79 Å². The number of nitrogens with one attached hydrogen (secondary N) is 1. The fourth-order valence-corrected chi connectivity index (χ4v) is 1.63. The molecule has 0 atom stereocenters. The summed E-state index contributed by atoms with van der Waals surface area (Å²) in [7, 11) is 0. The van der Waals surface area contributed by atoms with E-state index in [1.807, 2.05) is 20.8 Å². The van der Waals surface area contributed by atoms with Gasteiger partial charge in [0.2, 0.25) is 5.82 Å². The van der Waals surface area contributed by atoms with E-state index in [0.717, 1.165) is 5.69 Å². The van der Waals surface area contributed by atoms with Gasteiger partial charge in [0, 0.05) is 0 Å². The zero-order valence-corrected chi connectivity index (χ0v) is 10.7. The monoisotopic (exact) mass is 248 g/mol. The van der Waals surface area contributed by atoms with E-state index in [1.165, 1.54) is 4.52 Å². The van der Waals surface area contributed by atoms with E-state index in [2.05, 4.69) is 21.9 Å². The molecule has 0 radical (unpaired) electrons. The van der Waals surface area contributed by atoms with Crippen molar-refractivity contribution in [3.05, 3.63) is 34.5 Å². The highest BCUT2D eigenvalue weighted by atomic mass is 16.5. The molecular weight excluding hydrogens is 232 g/mol. The van der Waals surface area contributed by atoms with Crippen LogP contribution < -0.4 is 5.56 Å². The summed E-state index contributed by atoms with van der Waals surface area (Å²) in [5.74, 6) is 1.04. The summed E-state index contributed by atoms with van der Waals surface area (Å²) >= 11 is 0. The van der Waals surface area contributed by atoms with Crippen molar-refractivity contribution in [1.82, 2.24) is 19.8 Å². The number of hydrogen-bond donors (Lipinski definition) is 1. The van der Waals surface area contributed by atoms with Gasteiger partial charge in [-0.1, -0.05) is 20.4 Å². The number of ether oxygens (including phenoxy) is 1. The molecule has 0 aliphatic carbocycles. The summed E-state index contributed by atoms with van der Waals surface area (Å²) in [6, 6.07) is 1.76. The largest absolute Gasteiger partial charge is 0.490 e. The predicted molar refractivity (Wildman–Crippen MR) is 68.4 cm³/mol. The van der Waals surface area contributed by atoms with Gasteiger partial charge < -0.3 is 4.74 Å². The highest BCUT2D eigenvalue weighted by Crippen LogP contribution is 2.16. The lowest BCUT2D eigenvalue weighted by molar-refractivity contribution is 0.294. The van der Waals surface area contributed by atoms with Crippen LogP contribution in [0.1, 0.15) is 38.2 Å². The maximum absolute atomic E-state index is 11.7. The van der Waals surface area contributed by atoms with Crippen molar-refractivity contribution < 1.29 is 4.74 Å². The average molecular weight is 248 g/mol. The van der Waals surface area contributed by atoms with E-state index in [4.69, 9.17) is 4.74 Å². The van der Waals surface area contributed by atoms with Crippen molar-refractivity contribution in [2.45, 2.75) is 26.7 Å². The molecule has 0 unspecified atom stereocenters. The predicted octanol–water partition coefficient (Wildman–Crippen LogP) is 1.55. The van der Waals surface area contributed by atoms with Crippen molar-refractivity contribution >= 4 is 11.3 Å². The number of rotatable bonds is 4. The standard InChI is InChI=1S/C12H16N4O2/c1-5-18-8(4)11-13-14-12(17)10-6-9(7(2)3)15-16(10)11/h6-7H,4-5H2,1-3H3,(H,14,17). The van der Waals surface area contributed by atoms with Crippen LogP contribution in [-0.2, 0) is 4.74 Å². The minimum atomic E-state index is -0.276. The zero-order chi connectivity index (χ0) is 13.3. The van der Waals surface area contributed by atoms with Crippen molar-refractivity contribution in [3.63, 3.8) is 0 Å². The topological polar surface area (TPSA) is 72.3 Å². The molecule has 2 aromatic heterocycles. The highest BCUT2D eigenvalue weighted by Gasteiger charge is 2.14. The third-order valence-corrected chi connectivity index (χ3v) is 2.58. The summed E-state index contributed by atoms with van der Waals surface area (Å²) in [5, 5.41) is 10.7. The molecule has 6 nitrogen and oxygen atoms in total. The Morgan fingerprint density at radius 3 is 2.94 bits per heavy atom. The van der Waals surface area contributed by atoms with Gasteiger partial charge in [0.1, 0.15) is 5.52 Å². The molecule has 96 valence electrons. The number of H-pyrrole nitrogens is 1. The summed E-state index contributed by atoms with van der Waals surface area (Å²) in [6.45, 7) is 10.2. The lowest BCUT2D eigenvalue weighted by Gasteiger charge is -2.06. The van der Waals surface area contributed by atoms with Gasteiger partial charge in [-0.25, -0.2) is 9.61 Å². The number of fused-ring (bicyclic) bond motifs is 1. The lowest BCUT2D eigenvalue weighted by Crippen LogP contribution is -2.16. The fraction of sp³-hybridized carbons (Fsp3) is 0.417. The minimum absolute atomic E-state index is 0.234. The number of aromatic amines is 1. The van der Waals surface area contributed by atoms with Gasteiger partial charge in [0.25, 0.3) is 5.56 Å². The highest BCUT2D eigenvalue weighted by molar-refractivity contribution is 5.55. The first-order valence-electron chi connectivity index (χ1n) is 5.85. The third kappa shape index (κ3) is 2.01. The van der Waals surface area contributed by atoms with Gasteiger partial charge in [-0.05, 0) is 18.9 Å². The Bertz CT molecular complexity index is 639. The molecule has 0 aliphatic rings. The minimum Gasteiger partial charge on any atom is -0.490 e. The lowest BCUT2D eigenvalue weighted by atomic mass is 10.1. The molecule has 0 saturated carbocycles. The van der Waals surface area contributed by atoms with Crippen LogP contribution in [-0.4, -0.2) is 26.4 Å². The van der Waals surface area contributed by atoms with E-state index < -0.39 is 0 Å². The molecule has 0 spiro atoms. The number of aromatic nitrogens is 4. The molecule has 0 aliphatic heterocycles. The number of nitrogens with zero attached hydrogens (tertiary/aromatic N) is 3. The Morgan fingerprint density at radius 1 is 1.61 bits per heavy atom. The van der Waals surface area contributed by atoms with Gasteiger partial charge in [-0.3, -0.25) is 4.79 Å². The number of hydrogen-bond acceptors (Lipinski definition) is 4. The van der Waals surface area contributed by atoms with Gasteiger partial charge >= 0.3 is 0 Å². The van der Waals surface area contributed by atoms with Crippen LogP contribution in [0.5, 0.6) is 0 Å². The first kappa shape index (κ1) is 12.3. The van der Waals surface area contributed by atoms with Crippen LogP contribution in [0.4, 0.5) is 0 Å². The molecular formula is C12H16N4O2. The third-order valence-electron chi connectivity index (χ3n) is 2.58. The van der Waals surface area contributed by atoms with E-state index in [-0.39, 0.29) is 11.5 Å². The van der Waals surface area contributed by atoms with Crippen molar-refractivity contribution in [3.8, 4) is 0 Å². The molecule has 0 fully saturated rings. The Morgan fingerprint density at radius 2 is 2.33 bits per heavy atom.